The van der Waals surface area contributed by atoms with Crippen LogP contribution in [0.5, 0.6) is 0 Å². The maximum absolute atomic E-state index is 14.3. The van der Waals surface area contributed by atoms with Crippen LogP contribution >= 0.6 is 0 Å². The smallest absolute Gasteiger partial charge is 0.416 e. The van der Waals surface area contributed by atoms with E-state index in [1.807, 2.05) is 0 Å². The quantitative estimate of drug-likeness (QED) is 0.485. The summed E-state index contributed by atoms with van der Waals surface area (Å²) >= 11 is 0. The summed E-state index contributed by atoms with van der Waals surface area (Å²) in [6, 6.07) is 8.99. The number of carboxylic acids is 1. The van der Waals surface area contributed by atoms with Crippen molar-refractivity contribution in [3.63, 3.8) is 0 Å². The fourth-order valence-electron chi connectivity index (χ4n) is 4.63. The predicted molar refractivity (Wildman–Crippen MR) is 118 cm³/mol. The van der Waals surface area contributed by atoms with Crippen LogP contribution in [0.2, 0.25) is 0 Å². The molecule has 0 bridgehead atoms. The zero-order chi connectivity index (χ0) is 25.0. The van der Waals surface area contributed by atoms with Crippen molar-refractivity contribution in [3.8, 4) is 0 Å². The van der Waals surface area contributed by atoms with Gasteiger partial charge in [0.05, 0.1) is 23.1 Å². The minimum Gasteiger partial charge on any atom is -0.481 e. The van der Waals surface area contributed by atoms with Gasteiger partial charge in [0.2, 0.25) is 5.91 Å². The van der Waals surface area contributed by atoms with Crippen LogP contribution in [0.3, 0.4) is 0 Å². The molecule has 3 unspecified atom stereocenters. The molecule has 1 saturated carbocycles. The number of carbonyl (C=O) groups excluding carboxylic acids is 1. The second-order valence-corrected chi connectivity index (χ2v) is 8.42. The van der Waals surface area contributed by atoms with E-state index in [-0.39, 0.29) is 12.3 Å². The highest BCUT2D eigenvalue weighted by Crippen LogP contribution is 2.45. The second kappa shape index (κ2) is 10.4. The van der Waals surface area contributed by atoms with E-state index in [1.165, 1.54) is 7.11 Å². The molecule has 0 aromatic heterocycles. The van der Waals surface area contributed by atoms with Gasteiger partial charge < -0.3 is 20.5 Å². The summed E-state index contributed by atoms with van der Waals surface area (Å²) < 4.78 is 58.0. The number of benzene rings is 2. The van der Waals surface area contributed by atoms with E-state index in [2.05, 4.69) is 10.6 Å². The number of hydrogen-bond acceptors (Lipinski definition) is 4. The standard InChI is InChI=1S/C24H26F4N2O4/c1-29-16-6-3-14(4-7-16)17-9-13(12-34-2)10-18(21(17)23(32)33)22(31)30-20-8-5-15(11-19(20)25)24(26,27)28/h3-8,11,13,17-18,21,29H,9-10,12H2,1-2H3,(H,30,31)(H,32,33)/t13?,17-,18?,21?/m1/s1. The Kier molecular flexibility index (Phi) is 7.81. The Bertz CT molecular complexity index is 1030. The van der Waals surface area contributed by atoms with Crippen LogP contribution in [0.25, 0.3) is 0 Å². The second-order valence-electron chi connectivity index (χ2n) is 8.42. The summed E-state index contributed by atoms with van der Waals surface area (Å²) in [4.78, 5) is 25.4. The summed E-state index contributed by atoms with van der Waals surface area (Å²) in [7, 11) is 3.26. The van der Waals surface area contributed by atoms with Crippen molar-refractivity contribution >= 4 is 23.3 Å². The van der Waals surface area contributed by atoms with E-state index < -0.39 is 52.9 Å². The number of methoxy groups -OCH3 is 1. The predicted octanol–water partition coefficient (Wildman–Crippen LogP) is 4.98. The zero-order valence-electron chi connectivity index (χ0n) is 18.7. The lowest BCUT2D eigenvalue weighted by molar-refractivity contribution is -0.150. The Hall–Kier alpha value is -3.14. The summed E-state index contributed by atoms with van der Waals surface area (Å²) in [5, 5.41) is 15.3. The Morgan fingerprint density at radius 1 is 1.12 bits per heavy atom. The number of carbonyl (C=O) groups is 2. The van der Waals surface area contributed by atoms with Crippen LogP contribution in [0.4, 0.5) is 28.9 Å². The molecule has 6 nitrogen and oxygen atoms in total. The largest absolute Gasteiger partial charge is 0.481 e. The van der Waals surface area contributed by atoms with Gasteiger partial charge in [-0.2, -0.15) is 13.2 Å². The molecule has 1 fully saturated rings. The molecule has 0 spiro atoms. The normalized spacial score (nSPS) is 22.8. The third-order valence-corrected chi connectivity index (χ3v) is 6.25. The molecule has 10 heteroatoms. The van der Waals surface area contributed by atoms with Gasteiger partial charge in [-0.3, -0.25) is 9.59 Å². The van der Waals surface area contributed by atoms with E-state index in [0.29, 0.717) is 25.2 Å². The topological polar surface area (TPSA) is 87.7 Å². The number of carboxylic acid groups (broad SMARTS) is 1. The highest BCUT2D eigenvalue weighted by molar-refractivity contribution is 5.95. The van der Waals surface area contributed by atoms with E-state index in [9.17, 15) is 32.3 Å². The minimum absolute atomic E-state index is 0.136. The summed E-state index contributed by atoms with van der Waals surface area (Å²) in [6.45, 7) is 0.301. The zero-order valence-corrected chi connectivity index (χ0v) is 18.7. The van der Waals surface area contributed by atoms with Crippen molar-refractivity contribution in [3.05, 3.63) is 59.4 Å². The van der Waals surface area contributed by atoms with E-state index in [0.717, 1.165) is 17.3 Å². The van der Waals surface area contributed by atoms with Crippen molar-refractivity contribution in [1.82, 2.24) is 0 Å². The number of alkyl halides is 3. The first kappa shape index (κ1) is 25.5. The molecule has 0 saturated heterocycles. The first-order chi connectivity index (χ1) is 16.0. The average molecular weight is 482 g/mol. The van der Waals surface area contributed by atoms with E-state index in [1.54, 1.807) is 31.3 Å². The van der Waals surface area contributed by atoms with Crippen molar-refractivity contribution < 1.29 is 37.0 Å². The number of amides is 1. The Morgan fingerprint density at radius 3 is 2.32 bits per heavy atom. The fraction of sp³-hybridized carbons (Fsp3) is 0.417. The Labute approximate surface area is 194 Å². The molecule has 1 aliphatic carbocycles. The number of anilines is 2. The third-order valence-electron chi connectivity index (χ3n) is 6.25. The van der Waals surface area contributed by atoms with E-state index in [4.69, 9.17) is 4.74 Å². The lowest BCUT2D eigenvalue weighted by atomic mass is 9.65. The molecular weight excluding hydrogens is 456 g/mol. The lowest BCUT2D eigenvalue weighted by Gasteiger charge is -2.39. The maximum Gasteiger partial charge on any atom is 0.416 e. The number of nitrogens with one attached hydrogen (secondary N) is 2. The van der Waals surface area contributed by atoms with Gasteiger partial charge in [-0.25, -0.2) is 4.39 Å². The van der Waals surface area contributed by atoms with Gasteiger partial charge in [0.15, 0.2) is 0 Å². The molecular formula is C24H26F4N2O4. The fourth-order valence-corrected chi connectivity index (χ4v) is 4.63. The Balaban J connectivity index is 1.91. The minimum atomic E-state index is -4.73. The highest BCUT2D eigenvalue weighted by atomic mass is 19.4. The van der Waals surface area contributed by atoms with Gasteiger partial charge in [0.25, 0.3) is 0 Å². The molecule has 0 radical (unpaired) electrons. The van der Waals surface area contributed by atoms with Gasteiger partial charge >= 0.3 is 12.1 Å². The number of halogens is 4. The van der Waals surface area contributed by atoms with Crippen LogP contribution in [-0.4, -0.2) is 37.7 Å². The van der Waals surface area contributed by atoms with Crippen molar-refractivity contribution in [2.45, 2.75) is 24.9 Å². The van der Waals surface area contributed by atoms with Gasteiger partial charge in [-0.1, -0.05) is 12.1 Å². The first-order valence-electron chi connectivity index (χ1n) is 10.7. The van der Waals surface area contributed by atoms with Gasteiger partial charge in [-0.05, 0) is 60.6 Å². The van der Waals surface area contributed by atoms with Crippen LogP contribution in [-0.2, 0) is 20.5 Å². The third kappa shape index (κ3) is 5.67. The van der Waals surface area contributed by atoms with E-state index >= 15 is 0 Å². The molecule has 2 aromatic rings. The summed E-state index contributed by atoms with van der Waals surface area (Å²) in [5.41, 5.74) is -0.0436. The molecule has 4 atom stereocenters. The molecule has 3 N–H and O–H groups in total. The van der Waals surface area contributed by atoms with Crippen LogP contribution < -0.4 is 10.6 Å². The first-order valence-corrected chi connectivity index (χ1v) is 10.7. The molecule has 3 rings (SSSR count). The number of ether oxygens (including phenoxy) is 1. The van der Waals surface area contributed by atoms with Crippen molar-refractivity contribution in [1.29, 1.82) is 0 Å². The molecule has 0 aliphatic heterocycles. The van der Waals surface area contributed by atoms with Gasteiger partial charge in [0, 0.05) is 26.5 Å². The number of rotatable bonds is 7. The number of aliphatic carboxylic acids is 1. The maximum atomic E-state index is 14.3. The SMILES string of the molecule is CNc1ccc([C@H]2CC(COC)CC(C(=O)Nc3ccc(C(F)(F)F)cc3F)C2C(=O)O)cc1. The monoisotopic (exact) mass is 482 g/mol. The molecule has 2 aromatic carbocycles. The van der Waals surface area contributed by atoms with Crippen molar-refractivity contribution in [2.24, 2.45) is 17.8 Å². The molecule has 184 valence electrons. The molecule has 0 heterocycles. The van der Waals surface area contributed by atoms with Crippen molar-refractivity contribution in [2.75, 3.05) is 31.4 Å². The van der Waals surface area contributed by atoms with Crippen LogP contribution in [0, 0.1) is 23.6 Å². The summed E-state index contributed by atoms with van der Waals surface area (Å²) in [6.07, 6.45) is -4.07. The Morgan fingerprint density at radius 2 is 1.79 bits per heavy atom. The molecule has 34 heavy (non-hydrogen) atoms. The van der Waals surface area contributed by atoms with Gasteiger partial charge in [-0.15, -0.1) is 0 Å². The van der Waals surface area contributed by atoms with Gasteiger partial charge in [0.1, 0.15) is 5.82 Å². The number of hydrogen-bond donors (Lipinski definition) is 3. The average Bonchev–Trinajstić information content (AvgIpc) is 2.79. The van der Waals surface area contributed by atoms with Crippen LogP contribution in [0.15, 0.2) is 42.5 Å². The highest BCUT2D eigenvalue weighted by Gasteiger charge is 2.46. The van der Waals surface area contributed by atoms with Crippen LogP contribution in [0.1, 0.15) is 29.9 Å². The lowest BCUT2D eigenvalue weighted by Crippen LogP contribution is -2.43. The summed E-state index contributed by atoms with van der Waals surface area (Å²) in [5.74, 6) is -5.98. The molecule has 1 aliphatic rings. The molecule has 1 amide bonds.